The summed E-state index contributed by atoms with van der Waals surface area (Å²) in [5, 5.41) is 79.2. The fourth-order valence-corrected chi connectivity index (χ4v) is 22.1. The third-order valence-corrected chi connectivity index (χ3v) is 29.7. The smallest absolute Gasteiger partial charge is 0.277 e. The standard InChI is InChI=1S/2C33H45N3O6.C24H35IN2O4/c2*1-19-26-15-25(33(26,3)4)16-27(19)34-31(39)30-29(20(2)38)28(18-37)42-36(30)17-21-8-7-9-24(14-21)22-10-12-23(13-11-22)32(40)35(5)41-6;1-13-18-9-16(24(18,3)4)10-19(13)26-23(30)22-21(14(2)29)20(12-28)31-27(22)11-15-6-5-7-17(25)8-15/h2*7-14,19-20,25-30,37-38H,15-18H2,1-6H3,(H,34,39);5-8,13-14,16,18-22,28-29H,9-12H2,1-4H3,(H,26,30)/t2*19-,20-,25+,26-,27-,28-,29+,30-;13-,14-,16+,18-,19-,20-,21+,22-/m000/s1. The van der Waals surface area contributed by atoms with E-state index in [1.165, 1.54) is 43.6 Å². The zero-order valence-corrected chi connectivity index (χ0v) is 71.9. The van der Waals surface area contributed by atoms with E-state index in [9.17, 15) is 54.6 Å². The number of nitrogens with one attached hydrogen (secondary N) is 3. The number of benzene rings is 5. The molecule has 24 atom stereocenters. The van der Waals surface area contributed by atoms with Gasteiger partial charge in [0.1, 0.15) is 36.4 Å². The van der Waals surface area contributed by atoms with Gasteiger partial charge in [-0.05, 0) is 239 Å². The number of aliphatic hydroxyl groups is 6. The van der Waals surface area contributed by atoms with Crippen LogP contribution in [0.1, 0.15) is 159 Å². The van der Waals surface area contributed by atoms with E-state index in [0.29, 0.717) is 100 Å². The van der Waals surface area contributed by atoms with E-state index in [0.717, 1.165) is 61.8 Å². The van der Waals surface area contributed by atoms with E-state index in [-0.39, 0.29) is 67.5 Å². The number of nitrogens with zero attached hydrogens (tertiary/aromatic N) is 5. The first-order valence-electron chi connectivity index (χ1n) is 41.4. The summed E-state index contributed by atoms with van der Waals surface area (Å²) in [6, 6.07) is 36.7. The number of fused-ring (bicyclic) bond motifs is 6. The van der Waals surface area contributed by atoms with Crippen molar-refractivity contribution in [2.75, 3.05) is 48.1 Å². The minimum absolute atomic E-state index is 0.0841. The second kappa shape index (κ2) is 36.3. The minimum Gasteiger partial charge on any atom is -0.394 e. The third kappa shape index (κ3) is 18.1. The van der Waals surface area contributed by atoms with Gasteiger partial charge < -0.3 is 46.6 Å². The molecule has 0 unspecified atom stereocenters. The van der Waals surface area contributed by atoms with Gasteiger partial charge >= 0.3 is 0 Å². The normalized spacial score (nSPS) is 32.7. The average Bonchev–Trinajstić information content (AvgIpc) is 1.23. The van der Waals surface area contributed by atoms with Gasteiger partial charge in [0.2, 0.25) is 17.7 Å². The quantitative estimate of drug-likeness (QED) is 0.0205. The molecule has 0 spiro atoms. The zero-order chi connectivity index (χ0) is 83.2. The lowest BCUT2D eigenvalue weighted by atomic mass is 9.45. The lowest BCUT2D eigenvalue weighted by molar-refractivity contribution is -0.183. The van der Waals surface area contributed by atoms with Crippen LogP contribution in [0.3, 0.4) is 0 Å². The second-order valence-electron chi connectivity index (χ2n) is 36.4. The Balaban J connectivity index is 0.000000161. The number of hydroxylamine groups is 10. The van der Waals surface area contributed by atoms with Crippen LogP contribution in [0, 0.1) is 90.8 Å². The van der Waals surface area contributed by atoms with Gasteiger partial charge in [-0.1, -0.05) is 135 Å². The maximum atomic E-state index is 13.9. The van der Waals surface area contributed by atoms with Crippen LogP contribution < -0.4 is 16.0 Å². The number of hydrogen-bond acceptors (Lipinski definition) is 19. The van der Waals surface area contributed by atoms with E-state index in [4.69, 9.17) is 24.2 Å². The van der Waals surface area contributed by atoms with Crippen LogP contribution in [0.15, 0.2) is 121 Å². The molecule has 3 aliphatic heterocycles. The maximum Gasteiger partial charge on any atom is 0.277 e. The topological polar surface area (TPSA) is 305 Å². The summed E-state index contributed by atoms with van der Waals surface area (Å²) in [4.78, 5) is 94.4. The Hall–Kier alpha value is -6.38. The highest BCUT2D eigenvalue weighted by Gasteiger charge is 2.61. The molecule has 628 valence electrons. The number of rotatable bonds is 24. The number of carbonyl (C=O) groups excluding carboxylic acids is 5. The van der Waals surface area contributed by atoms with E-state index in [1.807, 2.05) is 91.0 Å². The number of aliphatic hydroxyl groups excluding tert-OH is 6. The van der Waals surface area contributed by atoms with Crippen LogP contribution in [0.5, 0.6) is 0 Å². The summed E-state index contributed by atoms with van der Waals surface area (Å²) < 4.78 is 1.11. The Labute approximate surface area is 692 Å². The molecular formula is C90H125IN8O16. The lowest BCUT2D eigenvalue weighted by Gasteiger charge is -2.62. The highest BCUT2D eigenvalue weighted by atomic mass is 127. The maximum absolute atomic E-state index is 13.9. The van der Waals surface area contributed by atoms with Gasteiger partial charge in [-0.15, -0.1) is 0 Å². The van der Waals surface area contributed by atoms with Gasteiger partial charge in [-0.25, -0.2) is 10.1 Å². The molecule has 9 saturated carbocycles. The lowest BCUT2D eigenvalue weighted by Crippen LogP contribution is -2.62. The van der Waals surface area contributed by atoms with Gasteiger partial charge in [0.15, 0.2) is 0 Å². The fraction of sp³-hybridized carbons (Fsp3) is 0.611. The molecule has 12 fully saturated rings. The highest BCUT2D eigenvalue weighted by Crippen LogP contribution is 2.63. The van der Waals surface area contributed by atoms with Crippen LogP contribution in [-0.2, 0) is 58.2 Å². The van der Waals surface area contributed by atoms with E-state index in [2.05, 4.69) is 107 Å². The summed E-state index contributed by atoms with van der Waals surface area (Å²) in [5.41, 5.74) is 8.68. The molecule has 5 aromatic rings. The summed E-state index contributed by atoms with van der Waals surface area (Å²) in [6.07, 6.45) is 2.20. The van der Waals surface area contributed by atoms with Gasteiger partial charge in [0.25, 0.3) is 11.8 Å². The largest absolute Gasteiger partial charge is 0.394 e. The average molecular weight is 1700 g/mol. The number of carbonyl (C=O) groups is 5. The molecule has 3 saturated heterocycles. The Kier molecular flexibility index (Phi) is 27.7. The summed E-state index contributed by atoms with van der Waals surface area (Å²) in [7, 11) is 6.02. The third-order valence-electron chi connectivity index (χ3n) is 29.0. The second-order valence-corrected chi connectivity index (χ2v) is 37.6. The first-order valence-corrected chi connectivity index (χ1v) is 42.5. The minimum atomic E-state index is -0.844. The van der Waals surface area contributed by atoms with Crippen molar-refractivity contribution in [2.45, 2.75) is 214 Å². The van der Waals surface area contributed by atoms with Crippen molar-refractivity contribution in [3.8, 4) is 22.3 Å². The van der Waals surface area contributed by atoms with Gasteiger partial charge in [-0.2, -0.15) is 15.2 Å². The zero-order valence-electron chi connectivity index (χ0n) is 69.8. The van der Waals surface area contributed by atoms with E-state index >= 15 is 0 Å². The van der Waals surface area contributed by atoms with Crippen molar-refractivity contribution in [1.82, 2.24) is 41.3 Å². The Morgan fingerprint density at radius 2 is 0.739 bits per heavy atom. The van der Waals surface area contributed by atoms with Crippen molar-refractivity contribution in [2.24, 2.45) is 87.3 Å². The molecule has 0 radical (unpaired) electrons. The summed E-state index contributed by atoms with van der Waals surface area (Å²) >= 11 is 2.27. The molecule has 5 aromatic carbocycles. The fourth-order valence-electron chi connectivity index (χ4n) is 21.5. The number of halogens is 1. The molecule has 115 heavy (non-hydrogen) atoms. The molecule has 6 bridgehead atoms. The van der Waals surface area contributed by atoms with Crippen molar-refractivity contribution >= 4 is 52.1 Å². The monoisotopic (exact) mass is 1700 g/mol. The molecule has 25 heteroatoms. The Bertz CT molecular complexity index is 4010. The molecule has 9 aliphatic carbocycles. The summed E-state index contributed by atoms with van der Waals surface area (Å²) in [5.74, 6) is 2.32. The molecule has 12 aliphatic rings. The van der Waals surface area contributed by atoms with Crippen molar-refractivity contribution in [3.05, 3.63) is 153 Å². The van der Waals surface area contributed by atoms with Crippen molar-refractivity contribution < 1.29 is 78.8 Å². The van der Waals surface area contributed by atoms with Crippen LogP contribution in [0.25, 0.3) is 22.3 Å². The Morgan fingerprint density at radius 3 is 0.991 bits per heavy atom. The van der Waals surface area contributed by atoms with Gasteiger partial charge in [0, 0.05) is 64.7 Å². The van der Waals surface area contributed by atoms with Crippen molar-refractivity contribution in [1.29, 1.82) is 0 Å². The molecule has 0 aromatic heterocycles. The molecule has 17 rings (SSSR count). The number of hydrogen-bond donors (Lipinski definition) is 9. The Morgan fingerprint density at radius 1 is 0.452 bits per heavy atom. The molecule has 3 heterocycles. The predicted molar refractivity (Wildman–Crippen MR) is 444 cm³/mol. The van der Waals surface area contributed by atoms with Crippen LogP contribution >= 0.6 is 22.6 Å². The first kappa shape index (κ1) is 87.9. The van der Waals surface area contributed by atoms with Crippen molar-refractivity contribution in [3.63, 3.8) is 0 Å². The van der Waals surface area contributed by atoms with Crippen LogP contribution in [0.4, 0.5) is 0 Å². The molecular weight excluding hydrogens is 1580 g/mol. The first-order chi connectivity index (χ1) is 54.5. The van der Waals surface area contributed by atoms with Crippen LogP contribution in [-0.4, -0.2) is 207 Å². The van der Waals surface area contributed by atoms with E-state index < -0.39 is 72.5 Å². The number of amides is 5. The molecule has 9 N–H and O–H groups in total. The predicted octanol–water partition coefficient (Wildman–Crippen LogP) is 10.2. The highest BCUT2D eigenvalue weighted by molar-refractivity contribution is 14.1. The molecule has 24 nitrogen and oxygen atoms in total. The van der Waals surface area contributed by atoms with Gasteiger partial charge in [-0.3, -0.25) is 48.2 Å². The SMILES string of the molecule is CON(C)C(=O)c1ccc(-c2cccc(CN3O[C@@H](CO)[C@@H]([C@H](C)O)[C@H]3C(=O)N[C@H]3C[C@H]4C[C@@H]([C@@H]3C)C4(C)C)c2)cc1.CON(C)C(=O)c1ccc(-c2cccc(CN3O[C@@H](CO)[C@@H]([C@H](C)O)[C@H]3C(=O)N[C@H]3C[C@H]4C[C@@H]([C@@H]3C)C4(C)C)c2)cc1.C[C@@H]1[C@@H](NC(=O)[C@@H]2[C@H]([C@H](C)O)[C@H](CO)ON2Cc2cccc(I)c2)C[C@H]2C[C@@H]1C2(C)C. The van der Waals surface area contributed by atoms with E-state index in [1.54, 1.807) is 74.3 Å². The van der Waals surface area contributed by atoms with Crippen LogP contribution in [0.2, 0.25) is 0 Å². The summed E-state index contributed by atoms with van der Waals surface area (Å²) in [6.45, 7) is 26.0. The molecule has 5 amide bonds. The van der Waals surface area contributed by atoms with Gasteiger partial charge in [0.05, 0.1) is 72.0 Å².